The van der Waals surface area contributed by atoms with Crippen LogP contribution in [0.5, 0.6) is 0 Å². The smallest absolute Gasteiger partial charge is 0.0566 e. The lowest BCUT2D eigenvalue weighted by atomic mass is 9.96. The minimum atomic E-state index is -0.163. The molecule has 2 aromatic rings. The molecule has 1 unspecified atom stereocenters. The first-order valence-corrected chi connectivity index (χ1v) is 6.60. The van der Waals surface area contributed by atoms with Gasteiger partial charge in [0.25, 0.3) is 0 Å². The Morgan fingerprint density at radius 3 is 2.61 bits per heavy atom. The predicted molar refractivity (Wildman–Crippen MR) is 78.0 cm³/mol. The Hall–Kier alpha value is -1.31. The van der Waals surface area contributed by atoms with Crippen LogP contribution in [0.1, 0.15) is 35.2 Å². The minimum absolute atomic E-state index is 0.163. The molecule has 0 heterocycles. The molecule has 0 amide bonds. The van der Waals surface area contributed by atoms with Crippen molar-refractivity contribution in [2.24, 2.45) is 5.73 Å². The van der Waals surface area contributed by atoms with E-state index < -0.39 is 0 Å². The third kappa shape index (κ3) is 2.58. The highest BCUT2D eigenvalue weighted by Crippen LogP contribution is 2.29. The van der Waals surface area contributed by atoms with Crippen LogP contribution in [-0.4, -0.2) is 0 Å². The molecule has 18 heavy (non-hydrogen) atoms. The van der Waals surface area contributed by atoms with E-state index in [4.69, 9.17) is 17.3 Å². The first kappa shape index (κ1) is 13.1. The van der Waals surface area contributed by atoms with Gasteiger partial charge in [-0.2, -0.15) is 0 Å². The molecular formula is C16H18ClN. The lowest BCUT2D eigenvalue weighted by Crippen LogP contribution is -2.13. The zero-order valence-electron chi connectivity index (χ0n) is 10.8. The molecule has 2 N–H and O–H groups in total. The van der Waals surface area contributed by atoms with Crippen molar-refractivity contribution < 1.29 is 0 Å². The SMILES string of the molecule is CCc1cccc(C(N)c2cccc(C)c2Cl)c1. The molecule has 1 atom stereocenters. The zero-order valence-corrected chi connectivity index (χ0v) is 11.5. The first-order valence-electron chi connectivity index (χ1n) is 6.23. The molecule has 0 saturated heterocycles. The van der Waals surface area contributed by atoms with Gasteiger partial charge in [-0.3, -0.25) is 0 Å². The van der Waals surface area contributed by atoms with Crippen LogP contribution < -0.4 is 5.73 Å². The molecule has 2 rings (SSSR count). The maximum absolute atomic E-state index is 6.33. The second-order valence-electron chi connectivity index (χ2n) is 4.55. The average Bonchev–Trinajstić information content (AvgIpc) is 2.41. The van der Waals surface area contributed by atoms with E-state index in [1.165, 1.54) is 5.56 Å². The highest BCUT2D eigenvalue weighted by molar-refractivity contribution is 6.32. The molecule has 0 aliphatic heterocycles. The lowest BCUT2D eigenvalue weighted by Gasteiger charge is -2.16. The van der Waals surface area contributed by atoms with E-state index in [-0.39, 0.29) is 6.04 Å². The van der Waals surface area contributed by atoms with Crippen molar-refractivity contribution in [1.82, 2.24) is 0 Å². The molecule has 0 aliphatic rings. The van der Waals surface area contributed by atoms with Crippen molar-refractivity contribution in [3.8, 4) is 0 Å². The molecule has 0 radical (unpaired) electrons. The number of aryl methyl sites for hydroxylation is 2. The van der Waals surface area contributed by atoms with Crippen molar-refractivity contribution in [2.45, 2.75) is 26.3 Å². The molecule has 2 aromatic carbocycles. The number of nitrogens with two attached hydrogens (primary N) is 1. The van der Waals surface area contributed by atoms with Gasteiger partial charge in [0.15, 0.2) is 0 Å². The van der Waals surface area contributed by atoms with Crippen LogP contribution in [0.25, 0.3) is 0 Å². The average molecular weight is 260 g/mol. The molecule has 2 heteroatoms. The predicted octanol–water partition coefficient (Wildman–Crippen LogP) is 4.26. The van der Waals surface area contributed by atoms with Gasteiger partial charge in [0.1, 0.15) is 0 Å². The molecule has 0 aliphatic carbocycles. The summed E-state index contributed by atoms with van der Waals surface area (Å²) in [7, 11) is 0. The standard InChI is InChI=1S/C16H18ClN/c1-3-12-7-5-8-13(10-12)16(18)14-9-4-6-11(2)15(14)17/h4-10,16H,3,18H2,1-2H3. The lowest BCUT2D eigenvalue weighted by molar-refractivity contribution is 0.866. The van der Waals surface area contributed by atoms with E-state index in [9.17, 15) is 0 Å². The number of halogens is 1. The van der Waals surface area contributed by atoms with Gasteiger partial charge in [-0.15, -0.1) is 0 Å². The Kier molecular flexibility index (Phi) is 4.05. The Labute approximate surface area is 114 Å². The minimum Gasteiger partial charge on any atom is -0.320 e. The third-order valence-corrected chi connectivity index (χ3v) is 3.79. The van der Waals surface area contributed by atoms with Crippen LogP contribution in [0.3, 0.4) is 0 Å². The summed E-state index contributed by atoms with van der Waals surface area (Å²) in [6.07, 6.45) is 1.02. The van der Waals surface area contributed by atoms with Gasteiger partial charge in [0.05, 0.1) is 6.04 Å². The van der Waals surface area contributed by atoms with Gasteiger partial charge in [-0.05, 0) is 35.6 Å². The summed E-state index contributed by atoms with van der Waals surface area (Å²) in [6, 6.07) is 14.2. The van der Waals surface area contributed by atoms with Crippen LogP contribution >= 0.6 is 11.6 Å². The monoisotopic (exact) mass is 259 g/mol. The van der Waals surface area contributed by atoms with Crippen LogP contribution in [0.2, 0.25) is 5.02 Å². The van der Waals surface area contributed by atoms with Gasteiger partial charge in [-0.25, -0.2) is 0 Å². The summed E-state index contributed by atoms with van der Waals surface area (Å²) in [5.74, 6) is 0. The Morgan fingerprint density at radius 1 is 1.17 bits per heavy atom. The van der Waals surface area contributed by atoms with Crippen molar-refractivity contribution in [3.63, 3.8) is 0 Å². The van der Waals surface area contributed by atoms with E-state index in [2.05, 4.69) is 31.2 Å². The molecule has 0 spiro atoms. The molecule has 0 aromatic heterocycles. The van der Waals surface area contributed by atoms with E-state index in [0.717, 1.165) is 28.1 Å². The molecule has 0 bridgehead atoms. The number of benzene rings is 2. The molecular weight excluding hydrogens is 242 g/mol. The third-order valence-electron chi connectivity index (χ3n) is 3.28. The Bertz CT molecular complexity index is 549. The highest BCUT2D eigenvalue weighted by Gasteiger charge is 2.13. The summed E-state index contributed by atoms with van der Waals surface area (Å²) in [4.78, 5) is 0. The van der Waals surface area contributed by atoms with Crippen LogP contribution in [0, 0.1) is 6.92 Å². The van der Waals surface area contributed by atoms with Gasteiger partial charge >= 0.3 is 0 Å². The van der Waals surface area contributed by atoms with Gasteiger partial charge in [0, 0.05) is 5.02 Å². The number of hydrogen-bond donors (Lipinski definition) is 1. The second kappa shape index (κ2) is 5.55. The largest absolute Gasteiger partial charge is 0.320 e. The summed E-state index contributed by atoms with van der Waals surface area (Å²) >= 11 is 6.33. The van der Waals surface area contributed by atoms with Gasteiger partial charge in [-0.1, -0.05) is 61.0 Å². The first-order chi connectivity index (χ1) is 8.63. The fourth-order valence-electron chi connectivity index (χ4n) is 2.10. The highest BCUT2D eigenvalue weighted by atomic mass is 35.5. The van der Waals surface area contributed by atoms with E-state index in [1.54, 1.807) is 0 Å². The van der Waals surface area contributed by atoms with Crippen molar-refractivity contribution in [1.29, 1.82) is 0 Å². The normalized spacial score (nSPS) is 12.4. The summed E-state index contributed by atoms with van der Waals surface area (Å²) < 4.78 is 0. The summed E-state index contributed by atoms with van der Waals surface area (Å²) in [5.41, 5.74) is 10.8. The van der Waals surface area contributed by atoms with E-state index in [1.807, 2.05) is 25.1 Å². The van der Waals surface area contributed by atoms with Crippen LogP contribution in [0.4, 0.5) is 0 Å². The molecule has 94 valence electrons. The van der Waals surface area contributed by atoms with Crippen LogP contribution in [-0.2, 0) is 6.42 Å². The zero-order chi connectivity index (χ0) is 13.1. The summed E-state index contributed by atoms with van der Waals surface area (Å²) in [6.45, 7) is 4.14. The Morgan fingerprint density at radius 2 is 1.89 bits per heavy atom. The van der Waals surface area contributed by atoms with Crippen molar-refractivity contribution in [3.05, 3.63) is 69.7 Å². The van der Waals surface area contributed by atoms with Crippen molar-refractivity contribution in [2.75, 3.05) is 0 Å². The fraction of sp³-hybridized carbons (Fsp3) is 0.250. The number of hydrogen-bond acceptors (Lipinski definition) is 1. The maximum Gasteiger partial charge on any atom is 0.0566 e. The van der Waals surface area contributed by atoms with Crippen LogP contribution in [0.15, 0.2) is 42.5 Å². The second-order valence-corrected chi connectivity index (χ2v) is 4.93. The van der Waals surface area contributed by atoms with Gasteiger partial charge < -0.3 is 5.73 Å². The fourth-order valence-corrected chi connectivity index (χ4v) is 2.34. The Balaban J connectivity index is 2.41. The molecule has 0 saturated carbocycles. The quantitative estimate of drug-likeness (QED) is 0.876. The maximum atomic E-state index is 6.33. The van der Waals surface area contributed by atoms with E-state index >= 15 is 0 Å². The van der Waals surface area contributed by atoms with Crippen molar-refractivity contribution >= 4 is 11.6 Å². The number of rotatable bonds is 3. The van der Waals surface area contributed by atoms with E-state index in [0.29, 0.717) is 0 Å². The molecule has 1 nitrogen and oxygen atoms in total. The van der Waals surface area contributed by atoms with Gasteiger partial charge in [0.2, 0.25) is 0 Å². The topological polar surface area (TPSA) is 26.0 Å². The summed E-state index contributed by atoms with van der Waals surface area (Å²) in [5, 5.41) is 0.770. The molecule has 0 fully saturated rings.